The highest BCUT2D eigenvalue weighted by molar-refractivity contribution is 5.74. The van der Waals surface area contributed by atoms with E-state index in [1.807, 2.05) is 19.2 Å². The summed E-state index contributed by atoms with van der Waals surface area (Å²) >= 11 is 0. The number of nitrogens with two attached hydrogens (primary N) is 1. The average molecular weight is 232 g/mol. The van der Waals surface area contributed by atoms with Crippen LogP contribution in [0.25, 0.3) is 11.3 Å². The monoisotopic (exact) mass is 232 g/mol. The summed E-state index contributed by atoms with van der Waals surface area (Å²) in [6.07, 6.45) is 1.78. The molecule has 1 heterocycles. The number of hydrogen-bond donors (Lipinski definition) is 3. The standard InChI is InChI=1S/C12H16N4O/c1-16-12(9-2-4-10(17)5-3-9)11(8-15-16)14-7-6-13/h2-5,8,14,17H,6-7,13H2,1H3. The van der Waals surface area contributed by atoms with Gasteiger partial charge in [-0.25, -0.2) is 0 Å². The minimum absolute atomic E-state index is 0.257. The molecule has 2 rings (SSSR count). The molecule has 90 valence electrons. The lowest BCUT2D eigenvalue weighted by atomic mass is 10.1. The Labute approximate surface area is 99.9 Å². The van der Waals surface area contributed by atoms with Gasteiger partial charge in [-0.1, -0.05) is 0 Å². The second-order valence-corrected chi connectivity index (χ2v) is 3.79. The fraction of sp³-hybridized carbons (Fsp3) is 0.250. The summed E-state index contributed by atoms with van der Waals surface area (Å²) in [6, 6.07) is 7.05. The molecule has 5 heteroatoms. The number of phenolic OH excluding ortho intramolecular Hbond substituents is 1. The van der Waals surface area contributed by atoms with Gasteiger partial charge in [-0.05, 0) is 24.3 Å². The first kappa shape index (κ1) is 11.5. The second kappa shape index (κ2) is 4.88. The summed E-state index contributed by atoms with van der Waals surface area (Å²) < 4.78 is 1.80. The smallest absolute Gasteiger partial charge is 0.115 e. The van der Waals surface area contributed by atoms with E-state index in [0.717, 1.165) is 16.9 Å². The molecule has 1 aromatic carbocycles. The van der Waals surface area contributed by atoms with Gasteiger partial charge in [0.1, 0.15) is 5.75 Å². The van der Waals surface area contributed by atoms with Gasteiger partial charge < -0.3 is 16.2 Å². The normalized spacial score (nSPS) is 10.5. The third kappa shape index (κ3) is 2.39. The van der Waals surface area contributed by atoms with Crippen LogP contribution in [0.5, 0.6) is 5.75 Å². The molecule has 0 unspecified atom stereocenters. The molecule has 4 N–H and O–H groups in total. The lowest BCUT2D eigenvalue weighted by Crippen LogP contribution is -2.13. The molecule has 0 aliphatic carbocycles. The van der Waals surface area contributed by atoms with Crippen LogP contribution in [-0.2, 0) is 7.05 Å². The van der Waals surface area contributed by atoms with Gasteiger partial charge in [0.05, 0.1) is 17.6 Å². The van der Waals surface area contributed by atoms with E-state index in [2.05, 4.69) is 10.4 Å². The van der Waals surface area contributed by atoms with Gasteiger partial charge in [-0.3, -0.25) is 4.68 Å². The van der Waals surface area contributed by atoms with Gasteiger partial charge in [0.2, 0.25) is 0 Å². The van der Waals surface area contributed by atoms with Crippen molar-refractivity contribution in [1.29, 1.82) is 0 Å². The van der Waals surface area contributed by atoms with Gasteiger partial charge in [-0.2, -0.15) is 5.10 Å². The van der Waals surface area contributed by atoms with Crippen molar-refractivity contribution in [2.75, 3.05) is 18.4 Å². The van der Waals surface area contributed by atoms with Gasteiger partial charge in [-0.15, -0.1) is 0 Å². The fourth-order valence-corrected chi connectivity index (χ4v) is 1.74. The largest absolute Gasteiger partial charge is 0.508 e. The molecule has 5 nitrogen and oxygen atoms in total. The highest BCUT2D eigenvalue weighted by Gasteiger charge is 2.10. The zero-order valence-corrected chi connectivity index (χ0v) is 9.72. The Balaban J connectivity index is 2.36. The Bertz CT molecular complexity index is 490. The van der Waals surface area contributed by atoms with Crippen LogP contribution in [0.4, 0.5) is 5.69 Å². The lowest BCUT2D eigenvalue weighted by molar-refractivity contribution is 0.475. The molecule has 0 aliphatic heterocycles. The van der Waals surface area contributed by atoms with Crippen molar-refractivity contribution in [3.05, 3.63) is 30.5 Å². The number of aromatic nitrogens is 2. The van der Waals surface area contributed by atoms with Crippen LogP contribution in [0, 0.1) is 0 Å². The number of aryl methyl sites for hydroxylation is 1. The highest BCUT2D eigenvalue weighted by atomic mass is 16.3. The minimum atomic E-state index is 0.257. The molecule has 0 saturated heterocycles. The van der Waals surface area contributed by atoms with Crippen molar-refractivity contribution in [1.82, 2.24) is 9.78 Å². The quantitative estimate of drug-likeness (QED) is 0.739. The zero-order chi connectivity index (χ0) is 12.3. The van der Waals surface area contributed by atoms with Crippen molar-refractivity contribution in [3.8, 4) is 17.0 Å². The van der Waals surface area contributed by atoms with Crippen LogP contribution in [0.2, 0.25) is 0 Å². The van der Waals surface area contributed by atoms with E-state index in [0.29, 0.717) is 13.1 Å². The van der Waals surface area contributed by atoms with Crippen molar-refractivity contribution in [3.63, 3.8) is 0 Å². The van der Waals surface area contributed by atoms with Crippen molar-refractivity contribution in [2.45, 2.75) is 0 Å². The third-order valence-corrected chi connectivity index (χ3v) is 2.54. The van der Waals surface area contributed by atoms with Gasteiger partial charge in [0, 0.05) is 25.7 Å². The zero-order valence-electron chi connectivity index (χ0n) is 9.72. The summed E-state index contributed by atoms with van der Waals surface area (Å²) in [7, 11) is 1.88. The molecular formula is C12H16N4O. The second-order valence-electron chi connectivity index (χ2n) is 3.79. The van der Waals surface area contributed by atoms with Gasteiger partial charge in [0.25, 0.3) is 0 Å². The van der Waals surface area contributed by atoms with Gasteiger partial charge in [0.15, 0.2) is 0 Å². The molecule has 0 bridgehead atoms. The molecule has 0 atom stereocenters. The Morgan fingerprint density at radius 1 is 1.35 bits per heavy atom. The maximum atomic E-state index is 9.28. The summed E-state index contributed by atoms with van der Waals surface area (Å²) in [5.41, 5.74) is 8.40. The molecule has 1 aromatic heterocycles. The summed E-state index contributed by atoms with van der Waals surface area (Å²) in [5, 5.41) is 16.7. The Hall–Kier alpha value is -2.01. The van der Waals surface area contributed by atoms with E-state index in [4.69, 9.17) is 5.73 Å². The molecule has 0 fully saturated rings. The molecule has 0 spiro atoms. The van der Waals surface area contributed by atoms with Crippen LogP contribution in [0.15, 0.2) is 30.5 Å². The van der Waals surface area contributed by atoms with E-state index in [-0.39, 0.29) is 5.75 Å². The predicted molar refractivity (Wildman–Crippen MR) is 67.9 cm³/mol. The number of hydrogen-bond acceptors (Lipinski definition) is 4. The van der Waals surface area contributed by atoms with Crippen LogP contribution in [0.1, 0.15) is 0 Å². The summed E-state index contributed by atoms with van der Waals surface area (Å²) in [5.74, 6) is 0.257. The highest BCUT2D eigenvalue weighted by Crippen LogP contribution is 2.28. The number of nitrogens with zero attached hydrogens (tertiary/aromatic N) is 2. The summed E-state index contributed by atoms with van der Waals surface area (Å²) in [4.78, 5) is 0. The van der Waals surface area contributed by atoms with E-state index in [9.17, 15) is 5.11 Å². The van der Waals surface area contributed by atoms with E-state index >= 15 is 0 Å². The first-order chi connectivity index (χ1) is 8.22. The maximum Gasteiger partial charge on any atom is 0.115 e. The van der Waals surface area contributed by atoms with E-state index in [1.54, 1.807) is 23.0 Å². The third-order valence-electron chi connectivity index (χ3n) is 2.54. The lowest BCUT2D eigenvalue weighted by Gasteiger charge is -2.08. The Morgan fingerprint density at radius 3 is 2.71 bits per heavy atom. The van der Waals surface area contributed by atoms with Crippen LogP contribution in [0.3, 0.4) is 0 Å². The van der Waals surface area contributed by atoms with Crippen molar-refractivity contribution in [2.24, 2.45) is 12.8 Å². The topological polar surface area (TPSA) is 76.1 Å². The van der Waals surface area contributed by atoms with E-state index in [1.165, 1.54) is 0 Å². The SMILES string of the molecule is Cn1ncc(NCCN)c1-c1ccc(O)cc1. The van der Waals surface area contributed by atoms with Crippen molar-refractivity contribution >= 4 is 5.69 Å². The Morgan fingerprint density at radius 2 is 2.06 bits per heavy atom. The number of phenols is 1. The van der Waals surface area contributed by atoms with Crippen LogP contribution >= 0.6 is 0 Å². The van der Waals surface area contributed by atoms with Crippen LogP contribution < -0.4 is 11.1 Å². The Kier molecular flexibility index (Phi) is 3.30. The molecule has 2 aromatic rings. The average Bonchev–Trinajstić information content (AvgIpc) is 2.69. The van der Waals surface area contributed by atoms with Gasteiger partial charge >= 0.3 is 0 Å². The minimum Gasteiger partial charge on any atom is -0.508 e. The first-order valence-corrected chi connectivity index (χ1v) is 5.47. The number of aromatic hydroxyl groups is 1. The predicted octanol–water partition coefficient (Wildman–Crippen LogP) is 1.16. The molecule has 0 radical (unpaired) electrons. The molecular weight excluding hydrogens is 216 g/mol. The number of rotatable bonds is 4. The number of benzene rings is 1. The van der Waals surface area contributed by atoms with Crippen molar-refractivity contribution < 1.29 is 5.11 Å². The molecule has 17 heavy (non-hydrogen) atoms. The number of anilines is 1. The molecule has 0 amide bonds. The molecule has 0 saturated carbocycles. The number of nitrogens with one attached hydrogen (secondary N) is 1. The first-order valence-electron chi connectivity index (χ1n) is 5.47. The van der Waals surface area contributed by atoms with Crippen LogP contribution in [-0.4, -0.2) is 28.0 Å². The van der Waals surface area contributed by atoms with E-state index < -0.39 is 0 Å². The summed E-state index contributed by atoms with van der Waals surface area (Å²) in [6.45, 7) is 1.28. The maximum absolute atomic E-state index is 9.28. The molecule has 0 aliphatic rings. The fourth-order valence-electron chi connectivity index (χ4n) is 1.74.